The van der Waals surface area contributed by atoms with Crippen molar-refractivity contribution in [3.05, 3.63) is 0 Å². The van der Waals surface area contributed by atoms with E-state index in [0.29, 0.717) is 13.2 Å². The van der Waals surface area contributed by atoms with Gasteiger partial charge >= 0.3 is 0 Å². The molecule has 0 aromatic heterocycles. The van der Waals surface area contributed by atoms with Crippen LogP contribution >= 0.6 is 0 Å². The number of carbonyl (C=O) groups excluding carboxylic acids is 2. The number of carbonyl (C=O) groups is 2. The maximum Gasteiger partial charge on any atom is 0.242 e. The molecule has 0 aromatic rings. The summed E-state index contributed by atoms with van der Waals surface area (Å²) in [5.74, 6) is -0.692. The molecule has 6 nitrogen and oxygen atoms in total. The lowest BCUT2D eigenvalue weighted by molar-refractivity contribution is -0.153. The highest BCUT2D eigenvalue weighted by atomic mass is 16.5. The highest BCUT2D eigenvalue weighted by molar-refractivity contribution is 5.89. The quantitative estimate of drug-likeness (QED) is 0.627. The Kier molecular flexibility index (Phi) is 3.88. The van der Waals surface area contributed by atoms with Crippen LogP contribution in [0.15, 0.2) is 0 Å². The van der Waals surface area contributed by atoms with Gasteiger partial charge in [0.1, 0.15) is 6.04 Å². The Balaban J connectivity index is 2.83. The Labute approximate surface area is 94.9 Å². The van der Waals surface area contributed by atoms with Crippen molar-refractivity contribution in [3.8, 4) is 0 Å². The summed E-state index contributed by atoms with van der Waals surface area (Å²) in [5, 5.41) is 0. The van der Waals surface area contributed by atoms with Crippen LogP contribution in [-0.4, -0.2) is 49.1 Å². The summed E-state index contributed by atoms with van der Waals surface area (Å²) in [4.78, 5) is 24.8. The van der Waals surface area contributed by atoms with Gasteiger partial charge in [-0.3, -0.25) is 9.59 Å². The van der Waals surface area contributed by atoms with Gasteiger partial charge in [0, 0.05) is 13.1 Å². The van der Waals surface area contributed by atoms with Gasteiger partial charge in [-0.25, -0.2) is 0 Å². The lowest BCUT2D eigenvalue weighted by atomic mass is 9.91. The number of hydrogen-bond acceptors (Lipinski definition) is 4. The van der Waals surface area contributed by atoms with Gasteiger partial charge in [0.2, 0.25) is 11.8 Å². The van der Waals surface area contributed by atoms with Crippen molar-refractivity contribution >= 4 is 11.8 Å². The first-order valence-corrected chi connectivity index (χ1v) is 5.28. The maximum absolute atomic E-state index is 12.1. The Bertz CT molecular complexity index is 291. The molecule has 92 valence electrons. The van der Waals surface area contributed by atoms with Gasteiger partial charge < -0.3 is 21.1 Å². The standard InChI is InChI=1S/C10H19N3O3/c1-10(2,6-11)9(15)13-3-4-16-5-7(13)8(12)14/h7H,3-6,11H2,1-2H3,(H2,12,14). The number of amides is 2. The summed E-state index contributed by atoms with van der Waals surface area (Å²) in [6.45, 7) is 4.72. The fourth-order valence-corrected chi connectivity index (χ4v) is 1.56. The number of ether oxygens (including phenoxy) is 1. The van der Waals surface area contributed by atoms with Crippen LogP contribution in [0.25, 0.3) is 0 Å². The number of morpholine rings is 1. The van der Waals surface area contributed by atoms with Gasteiger partial charge in [-0.15, -0.1) is 0 Å². The summed E-state index contributed by atoms with van der Waals surface area (Å²) >= 11 is 0. The molecular formula is C10H19N3O3. The predicted octanol–water partition coefficient (Wildman–Crippen LogP) is -1.32. The fraction of sp³-hybridized carbons (Fsp3) is 0.800. The van der Waals surface area contributed by atoms with Gasteiger partial charge in [-0.2, -0.15) is 0 Å². The van der Waals surface area contributed by atoms with E-state index in [1.807, 2.05) is 0 Å². The molecule has 1 saturated heterocycles. The van der Waals surface area contributed by atoms with Crippen LogP contribution in [0.1, 0.15) is 13.8 Å². The monoisotopic (exact) mass is 229 g/mol. The third kappa shape index (κ3) is 2.51. The summed E-state index contributed by atoms with van der Waals surface area (Å²) in [7, 11) is 0. The maximum atomic E-state index is 12.1. The van der Waals surface area contributed by atoms with E-state index >= 15 is 0 Å². The molecule has 0 spiro atoms. The second-order valence-corrected chi connectivity index (χ2v) is 4.58. The van der Waals surface area contributed by atoms with Gasteiger partial charge in [0.15, 0.2) is 0 Å². The van der Waals surface area contributed by atoms with Gasteiger partial charge in [-0.1, -0.05) is 0 Å². The van der Waals surface area contributed by atoms with Crippen molar-refractivity contribution in [2.75, 3.05) is 26.3 Å². The van der Waals surface area contributed by atoms with E-state index in [9.17, 15) is 9.59 Å². The Morgan fingerprint density at radius 1 is 1.50 bits per heavy atom. The fourth-order valence-electron chi connectivity index (χ4n) is 1.56. The van der Waals surface area contributed by atoms with Crippen molar-refractivity contribution in [3.63, 3.8) is 0 Å². The van der Waals surface area contributed by atoms with Crippen LogP contribution in [0, 0.1) is 5.41 Å². The van der Waals surface area contributed by atoms with Crippen molar-refractivity contribution in [1.29, 1.82) is 0 Å². The summed E-state index contributed by atoms with van der Waals surface area (Å²) in [6.07, 6.45) is 0. The first-order chi connectivity index (χ1) is 7.40. The lowest BCUT2D eigenvalue weighted by Crippen LogP contribution is -2.58. The molecule has 0 aromatic carbocycles. The molecule has 1 rings (SSSR count). The Hall–Kier alpha value is -1.14. The largest absolute Gasteiger partial charge is 0.377 e. The minimum Gasteiger partial charge on any atom is -0.377 e. The minimum atomic E-state index is -0.676. The average molecular weight is 229 g/mol. The molecule has 0 bridgehead atoms. The molecule has 6 heteroatoms. The van der Waals surface area contributed by atoms with E-state index in [-0.39, 0.29) is 19.1 Å². The zero-order valence-electron chi connectivity index (χ0n) is 9.73. The summed E-state index contributed by atoms with van der Waals surface area (Å²) in [6, 6.07) is -0.674. The normalized spacial score (nSPS) is 21.9. The van der Waals surface area contributed by atoms with Crippen LogP contribution in [0.2, 0.25) is 0 Å². The highest BCUT2D eigenvalue weighted by Crippen LogP contribution is 2.20. The van der Waals surface area contributed by atoms with Crippen molar-refractivity contribution in [2.24, 2.45) is 16.9 Å². The van der Waals surface area contributed by atoms with Crippen molar-refractivity contribution in [1.82, 2.24) is 4.90 Å². The van der Waals surface area contributed by atoms with Gasteiger partial charge in [-0.05, 0) is 13.8 Å². The predicted molar refractivity (Wildman–Crippen MR) is 58.3 cm³/mol. The molecule has 4 N–H and O–H groups in total. The lowest BCUT2D eigenvalue weighted by Gasteiger charge is -2.38. The molecule has 0 aliphatic carbocycles. The Morgan fingerprint density at radius 2 is 2.12 bits per heavy atom. The van der Waals surface area contributed by atoms with E-state index in [0.717, 1.165) is 0 Å². The average Bonchev–Trinajstić information content (AvgIpc) is 2.28. The third-order valence-electron chi connectivity index (χ3n) is 2.81. The first-order valence-electron chi connectivity index (χ1n) is 5.28. The number of rotatable bonds is 3. The molecule has 1 heterocycles. The van der Waals surface area contributed by atoms with Crippen LogP contribution < -0.4 is 11.5 Å². The first kappa shape index (κ1) is 12.9. The van der Waals surface area contributed by atoms with E-state index in [1.54, 1.807) is 13.8 Å². The van der Waals surface area contributed by atoms with Crippen LogP contribution in [0.5, 0.6) is 0 Å². The zero-order chi connectivity index (χ0) is 12.3. The summed E-state index contributed by atoms with van der Waals surface area (Å²) < 4.78 is 5.14. The molecule has 2 amide bonds. The highest BCUT2D eigenvalue weighted by Gasteiger charge is 2.38. The molecule has 1 aliphatic heterocycles. The second kappa shape index (κ2) is 4.80. The van der Waals surface area contributed by atoms with E-state index in [4.69, 9.17) is 16.2 Å². The zero-order valence-corrected chi connectivity index (χ0v) is 9.73. The van der Waals surface area contributed by atoms with Gasteiger partial charge in [0.05, 0.1) is 18.6 Å². The topological polar surface area (TPSA) is 98.7 Å². The minimum absolute atomic E-state index is 0.151. The van der Waals surface area contributed by atoms with Crippen LogP contribution in [0.3, 0.4) is 0 Å². The third-order valence-corrected chi connectivity index (χ3v) is 2.81. The molecular weight excluding hydrogens is 210 g/mol. The van der Waals surface area contributed by atoms with E-state index < -0.39 is 17.4 Å². The molecule has 1 atom stereocenters. The number of nitrogens with zero attached hydrogens (tertiary/aromatic N) is 1. The molecule has 1 aliphatic rings. The smallest absolute Gasteiger partial charge is 0.242 e. The molecule has 1 fully saturated rings. The number of hydrogen-bond donors (Lipinski definition) is 2. The molecule has 16 heavy (non-hydrogen) atoms. The van der Waals surface area contributed by atoms with E-state index in [1.165, 1.54) is 4.90 Å². The van der Waals surface area contributed by atoms with Crippen molar-refractivity contribution in [2.45, 2.75) is 19.9 Å². The van der Waals surface area contributed by atoms with Crippen LogP contribution in [0.4, 0.5) is 0 Å². The number of nitrogens with two attached hydrogens (primary N) is 2. The second-order valence-electron chi connectivity index (χ2n) is 4.58. The Morgan fingerprint density at radius 3 is 2.62 bits per heavy atom. The summed E-state index contributed by atoms with van der Waals surface area (Å²) in [5.41, 5.74) is 10.1. The van der Waals surface area contributed by atoms with Crippen molar-refractivity contribution < 1.29 is 14.3 Å². The van der Waals surface area contributed by atoms with E-state index in [2.05, 4.69) is 0 Å². The SMILES string of the molecule is CC(C)(CN)C(=O)N1CCOCC1C(N)=O. The van der Waals surface area contributed by atoms with Crippen LogP contribution in [-0.2, 0) is 14.3 Å². The number of primary amides is 1. The molecule has 1 unspecified atom stereocenters. The molecule has 0 radical (unpaired) electrons. The van der Waals surface area contributed by atoms with Gasteiger partial charge in [0.25, 0.3) is 0 Å². The molecule has 0 saturated carbocycles.